The first-order valence-electron chi connectivity index (χ1n) is 7.05. The van der Waals surface area contributed by atoms with Crippen molar-refractivity contribution in [3.8, 4) is 0 Å². The van der Waals surface area contributed by atoms with Crippen molar-refractivity contribution in [2.75, 3.05) is 0 Å². The number of hydrogen-bond acceptors (Lipinski definition) is 0. The first-order valence-corrected chi connectivity index (χ1v) is 7.05. The minimum Gasteiger partial charge on any atom is -0.0683 e. The van der Waals surface area contributed by atoms with Crippen LogP contribution in [0.5, 0.6) is 0 Å². The fourth-order valence-electron chi connectivity index (χ4n) is 2.01. The van der Waals surface area contributed by atoms with E-state index >= 15 is 0 Å². The quantitative estimate of drug-likeness (QED) is 0.547. The minimum atomic E-state index is 1.34. The molecule has 0 heteroatoms. The van der Waals surface area contributed by atoms with Gasteiger partial charge < -0.3 is 0 Å². The third kappa shape index (κ3) is 8.20. The second kappa shape index (κ2) is 9.38. The SMILES string of the molecule is CC.Cc1cc(C)cc(C)c1.Cc1cccc(C)c1. The summed E-state index contributed by atoms with van der Waals surface area (Å²) in [5.41, 5.74) is 6.74. The summed E-state index contributed by atoms with van der Waals surface area (Å²) in [6, 6.07) is 15.0. The van der Waals surface area contributed by atoms with E-state index in [9.17, 15) is 0 Å². The summed E-state index contributed by atoms with van der Waals surface area (Å²) in [5, 5.41) is 0. The smallest absolute Gasteiger partial charge is 0.0398 e. The highest BCUT2D eigenvalue weighted by Gasteiger charge is 1.87. The normalized spacial score (nSPS) is 8.79. The van der Waals surface area contributed by atoms with Gasteiger partial charge in [0.1, 0.15) is 0 Å². The van der Waals surface area contributed by atoms with Crippen LogP contribution in [-0.2, 0) is 0 Å². The molecule has 0 aliphatic heterocycles. The van der Waals surface area contributed by atoms with Gasteiger partial charge >= 0.3 is 0 Å². The Labute approximate surface area is 119 Å². The summed E-state index contributed by atoms with van der Waals surface area (Å²) in [7, 11) is 0. The highest BCUT2D eigenvalue weighted by Crippen LogP contribution is 2.06. The van der Waals surface area contributed by atoms with E-state index in [0.29, 0.717) is 0 Å². The summed E-state index contributed by atoms with van der Waals surface area (Å²) in [5.74, 6) is 0. The zero-order valence-corrected chi connectivity index (χ0v) is 13.5. The molecular weight excluding hydrogens is 228 g/mol. The Morgan fingerprint density at radius 2 is 0.737 bits per heavy atom. The van der Waals surface area contributed by atoms with E-state index in [1.165, 1.54) is 27.8 Å². The lowest BCUT2D eigenvalue weighted by molar-refractivity contribution is 1.32. The molecule has 0 fully saturated rings. The Balaban J connectivity index is 0.000000303. The highest BCUT2D eigenvalue weighted by atomic mass is 13.9. The van der Waals surface area contributed by atoms with Crippen molar-refractivity contribution in [1.29, 1.82) is 0 Å². The Morgan fingerprint density at radius 3 is 0.947 bits per heavy atom. The fourth-order valence-corrected chi connectivity index (χ4v) is 2.01. The molecule has 0 spiro atoms. The second-order valence-electron chi connectivity index (χ2n) is 4.82. The molecule has 0 saturated carbocycles. The molecule has 0 nitrogen and oxygen atoms in total. The first kappa shape index (κ1) is 17.4. The Bertz CT molecular complexity index is 413. The van der Waals surface area contributed by atoms with Gasteiger partial charge in [0.2, 0.25) is 0 Å². The number of aryl methyl sites for hydroxylation is 5. The van der Waals surface area contributed by atoms with Crippen LogP contribution in [0.3, 0.4) is 0 Å². The lowest BCUT2D eigenvalue weighted by Crippen LogP contribution is -1.78. The Hall–Kier alpha value is -1.56. The van der Waals surface area contributed by atoms with Gasteiger partial charge in [0.25, 0.3) is 0 Å². The maximum atomic E-state index is 2.19. The van der Waals surface area contributed by atoms with Gasteiger partial charge in [-0.3, -0.25) is 0 Å². The lowest BCUT2D eigenvalue weighted by Gasteiger charge is -1.96. The summed E-state index contributed by atoms with van der Waals surface area (Å²) in [4.78, 5) is 0. The third-order valence-electron chi connectivity index (χ3n) is 2.54. The fraction of sp³-hybridized carbons (Fsp3) is 0.368. The van der Waals surface area contributed by atoms with Crippen LogP contribution >= 0.6 is 0 Å². The molecule has 0 heterocycles. The van der Waals surface area contributed by atoms with Crippen LogP contribution < -0.4 is 0 Å². The average Bonchev–Trinajstić information content (AvgIpc) is 2.30. The molecule has 2 rings (SSSR count). The summed E-state index contributed by atoms with van der Waals surface area (Å²) >= 11 is 0. The molecule has 0 atom stereocenters. The molecule has 0 aliphatic rings. The summed E-state index contributed by atoms with van der Waals surface area (Å²) < 4.78 is 0. The number of benzene rings is 2. The van der Waals surface area contributed by atoms with Crippen molar-refractivity contribution in [2.24, 2.45) is 0 Å². The highest BCUT2D eigenvalue weighted by molar-refractivity contribution is 5.27. The maximum Gasteiger partial charge on any atom is -0.0398 e. The van der Waals surface area contributed by atoms with Gasteiger partial charge in [0, 0.05) is 0 Å². The Morgan fingerprint density at radius 1 is 0.474 bits per heavy atom. The van der Waals surface area contributed by atoms with E-state index < -0.39 is 0 Å². The summed E-state index contributed by atoms with van der Waals surface area (Å²) in [6.45, 7) is 14.6. The molecule has 0 saturated heterocycles. The van der Waals surface area contributed by atoms with Gasteiger partial charge in [-0.1, -0.05) is 84.1 Å². The summed E-state index contributed by atoms with van der Waals surface area (Å²) in [6.07, 6.45) is 0. The van der Waals surface area contributed by atoms with Gasteiger partial charge in [0.05, 0.1) is 0 Å². The van der Waals surface area contributed by atoms with Gasteiger partial charge in [-0.25, -0.2) is 0 Å². The van der Waals surface area contributed by atoms with Gasteiger partial charge in [-0.2, -0.15) is 0 Å². The van der Waals surface area contributed by atoms with Crippen molar-refractivity contribution >= 4 is 0 Å². The lowest BCUT2D eigenvalue weighted by atomic mass is 10.1. The molecule has 0 unspecified atom stereocenters. The van der Waals surface area contributed by atoms with Crippen LogP contribution in [0.4, 0.5) is 0 Å². The number of rotatable bonds is 0. The third-order valence-corrected chi connectivity index (χ3v) is 2.54. The molecule has 2 aromatic rings. The monoisotopic (exact) mass is 256 g/mol. The van der Waals surface area contributed by atoms with Crippen LogP contribution in [0.25, 0.3) is 0 Å². The molecule has 0 radical (unpaired) electrons. The van der Waals surface area contributed by atoms with Gasteiger partial charge in [-0.15, -0.1) is 0 Å². The molecule has 104 valence electrons. The van der Waals surface area contributed by atoms with Gasteiger partial charge in [-0.05, 0) is 34.6 Å². The number of hydrogen-bond donors (Lipinski definition) is 0. The maximum absolute atomic E-state index is 2.19. The van der Waals surface area contributed by atoms with Crippen molar-refractivity contribution < 1.29 is 0 Å². The molecule has 2 aromatic carbocycles. The van der Waals surface area contributed by atoms with Gasteiger partial charge in [0.15, 0.2) is 0 Å². The Kier molecular flexibility index (Phi) is 8.61. The van der Waals surface area contributed by atoms with E-state index in [-0.39, 0.29) is 0 Å². The minimum absolute atomic E-state index is 1.34. The van der Waals surface area contributed by atoms with Crippen LogP contribution in [0.1, 0.15) is 41.7 Å². The zero-order chi connectivity index (χ0) is 14.8. The molecule has 0 amide bonds. The largest absolute Gasteiger partial charge is 0.0683 e. The predicted octanol–water partition coefficient (Wildman–Crippen LogP) is 5.94. The van der Waals surface area contributed by atoms with E-state index in [1.54, 1.807) is 0 Å². The molecule has 0 aromatic heterocycles. The average molecular weight is 256 g/mol. The van der Waals surface area contributed by atoms with Crippen LogP contribution in [0, 0.1) is 34.6 Å². The molecule has 0 bridgehead atoms. The molecule has 0 N–H and O–H groups in total. The van der Waals surface area contributed by atoms with Crippen LogP contribution in [0.15, 0.2) is 42.5 Å². The predicted molar refractivity (Wildman–Crippen MR) is 87.9 cm³/mol. The molecular formula is C19H28. The standard InChI is InChI=1S/C9H12.C8H10.C2H6/c1-7-4-8(2)6-9(3)5-7;1-7-4-3-5-8(2)6-7;1-2/h4-6H,1-3H3;3-6H,1-2H3;1-2H3. The first-order chi connectivity index (χ1) is 8.97. The van der Waals surface area contributed by atoms with Crippen molar-refractivity contribution in [3.63, 3.8) is 0 Å². The van der Waals surface area contributed by atoms with Crippen LogP contribution in [0.2, 0.25) is 0 Å². The van der Waals surface area contributed by atoms with E-state index in [4.69, 9.17) is 0 Å². The second-order valence-corrected chi connectivity index (χ2v) is 4.82. The topological polar surface area (TPSA) is 0 Å². The van der Waals surface area contributed by atoms with Crippen molar-refractivity contribution in [2.45, 2.75) is 48.5 Å². The molecule has 19 heavy (non-hydrogen) atoms. The van der Waals surface area contributed by atoms with Crippen molar-refractivity contribution in [1.82, 2.24) is 0 Å². The van der Waals surface area contributed by atoms with E-state index in [0.717, 1.165) is 0 Å². The van der Waals surface area contributed by atoms with Crippen molar-refractivity contribution in [3.05, 3.63) is 70.3 Å². The van der Waals surface area contributed by atoms with Crippen LogP contribution in [-0.4, -0.2) is 0 Å². The zero-order valence-electron chi connectivity index (χ0n) is 13.5. The van der Waals surface area contributed by atoms with E-state index in [1.807, 2.05) is 13.8 Å². The molecule has 0 aliphatic carbocycles. The van der Waals surface area contributed by atoms with E-state index in [2.05, 4.69) is 77.1 Å².